The lowest BCUT2D eigenvalue weighted by Gasteiger charge is -1.97. The van der Waals surface area contributed by atoms with Gasteiger partial charge < -0.3 is 10.8 Å². The molecule has 3 nitrogen and oxygen atoms in total. The average molecular weight is 181 g/mol. The van der Waals surface area contributed by atoms with Crippen LogP contribution in [0.3, 0.4) is 0 Å². The van der Waals surface area contributed by atoms with Crippen molar-refractivity contribution in [2.24, 2.45) is 5.73 Å². The summed E-state index contributed by atoms with van der Waals surface area (Å²) in [4.78, 5) is 10.3. The number of primary amides is 1. The largest absolute Gasteiger partial charge is 0.507 e. The summed E-state index contributed by atoms with van der Waals surface area (Å²) < 4.78 is 12.6. The number of phenolic OH excluding ortho intramolecular Hbond substituents is 1. The number of rotatable bonds is 2. The van der Waals surface area contributed by atoms with Crippen molar-refractivity contribution < 1.29 is 14.3 Å². The summed E-state index contributed by atoms with van der Waals surface area (Å²) in [6.45, 7) is 0. The van der Waals surface area contributed by atoms with Crippen LogP contribution in [0.2, 0.25) is 0 Å². The molecule has 68 valence electrons. The molecule has 1 aromatic rings. The number of nitrogens with two attached hydrogens (primary N) is 1. The smallest absolute Gasteiger partial charge is 0.241 e. The topological polar surface area (TPSA) is 63.3 Å². The van der Waals surface area contributed by atoms with Gasteiger partial charge >= 0.3 is 0 Å². The van der Waals surface area contributed by atoms with Crippen LogP contribution in [-0.2, 0) is 4.79 Å². The number of hydrogen-bond donors (Lipinski definition) is 2. The Labute approximate surface area is 74.3 Å². The summed E-state index contributed by atoms with van der Waals surface area (Å²) in [6.07, 6.45) is 2.30. The van der Waals surface area contributed by atoms with Gasteiger partial charge in [-0.2, -0.15) is 0 Å². The first-order valence-corrected chi connectivity index (χ1v) is 3.55. The maximum Gasteiger partial charge on any atom is 0.241 e. The molecule has 0 saturated carbocycles. The predicted molar refractivity (Wildman–Crippen MR) is 46.3 cm³/mol. The van der Waals surface area contributed by atoms with Crippen molar-refractivity contribution in [2.75, 3.05) is 0 Å². The second-order valence-corrected chi connectivity index (χ2v) is 2.44. The Morgan fingerprint density at radius 3 is 2.85 bits per heavy atom. The number of benzene rings is 1. The van der Waals surface area contributed by atoms with Crippen molar-refractivity contribution >= 4 is 12.0 Å². The van der Waals surface area contributed by atoms with Crippen LogP contribution in [0, 0.1) is 5.82 Å². The minimum atomic E-state index is -0.649. The van der Waals surface area contributed by atoms with Gasteiger partial charge in [-0.1, -0.05) is 0 Å². The monoisotopic (exact) mass is 181 g/mol. The highest BCUT2D eigenvalue weighted by atomic mass is 19.1. The van der Waals surface area contributed by atoms with E-state index in [1.54, 1.807) is 0 Å². The number of carbonyl (C=O) groups is 1. The molecule has 0 aliphatic rings. The first kappa shape index (κ1) is 9.25. The molecule has 0 aliphatic heterocycles. The van der Waals surface area contributed by atoms with Crippen molar-refractivity contribution in [3.8, 4) is 5.75 Å². The van der Waals surface area contributed by atoms with Crippen molar-refractivity contribution in [2.45, 2.75) is 0 Å². The Hall–Kier alpha value is -1.84. The number of phenols is 1. The summed E-state index contributed by atoms with van der Waals surface area (Å²) in [5, 5.41) is 9.18. The SMILES string of the molecule is NC(=O)/C=C/c1cc(F)ccc1O. The third kappa shape index (κ3) is 2.59. The number of hydrogen-bond acceptors (Lipinski definition) is 2. The summed E-state index contributed by atoms with van der Waals surface area (Å²) in [5.74, 6) is -1.23. The van der Waals surface area contributed by atoms with E-state index in [0.29, 0.717) is 0 Å². The molecule has 0 heterocycles. The first-order chi connectivity index (χ1) is 6.09. The summed E-state index contributed by atoms with van der Waals surface area (Å²) >= 11 is 0. The lowest BCUT2D eigenvalue weighted by atomic mass is 10.2. The first-order valence-electron chi connectivity index (χ1n) is 3.55. The number of amides is 1. The molecule has 0 bridgehead atoms. The van der Waals surface area contributed by atoms with Crippen molar-refractivity contribution in [1.82, 2.24) is 0 Å². The maximum atomic E-state index is 12.6. The minimum absolute atomic E-state index is 0.0982. The van der Waals surface area contributed by atoms with Gasteiger partial charge in [0.15, 0.2) is 0 Å². The summed E-state index contributed by atoms with van der Waals surface area (Å²) in [7, 11) is 0. The van der Waals surface area contributed by atoms with Gasteiger partial charge in [0.05, 0.1) is 0 Å². The molecule has 0 aromatic heterocycles. The number of carbonyl (C=O) groups excluding carboxylic acids is 1. The normalized spacial score (nSPS) is 10.5. The Morgan fingerprint density at radius 2 is 2.23 bits per heavy atom. The second-order valence-electron chi connectivity index (χ2n) is 2.44. The zero-order valence-electron chi connectivity index (χ0n) is 6.70. The molecule has 0 aliphatic carbocycles. The summed E-state index contributed by atoms with van der Waals surface area (Å²) in [5.41, 5.74) is 5.05. The van der Waals surface area contributed by atoms with Gasteiger partial charge in [0, 0.05) is 11.6 Å². The predicted octanol–water partition coefficient (Wildman–Crippen LogP) is 1.03. The lowest BCUT2D eigenvalue weighted by Crippen LogP contribution is -2.05. The highest BCUT2D eigenvalue weighted by Gasteiger charge is 1.98. The van der Waals surface area contributed by atoms with Gasteiger partial charge in [-0.25, -0.2) is 4.39 Å². The highest BCUT2D eigenvalue weighted by Crippen LogP contribution is 2.18. The van der Waals surface area contributed by atoms with Crippen molar-refractivity contribution in [3.05, 3.63) is 35.7 Å². The standard InChI is InChI=1S/C9H8FNO2/c10-7-2-3-8(12)6(5-7)1-4-9(11)13/h1-5,12H,(H2,11,13)/b4-1+. The Morgan fingerprint density at radius 1 is 1.54 bits per heavy atom. The van der Waals surface area contributed by atoms with Crippen LogP contribution in [0.25, 0.3) is 6.08 Å². The van der Waals surface area contributed by atoms with Gasteiger partial charge in [0.1, 0.15) is 11.6 Å². The molecule has 0 atom stereocenters. The quantitative estimate of drug-likeness (QED) is 0.669. The van der Waals surface area contributed by atoms with E-state index in [2.05, 4.69) is 0 Å². The lowest BCUT2D eigenvalue weighted by molar-refractivity contribution is -0.113. The third-order valence-corrected chi connectivity index (χ3v) is 1.42. The van der Waals surface area contributed by atoms with Crippen LogP contribution in [0.4, 0.5) is 4.39 Å². The molecular weight excluding hydrogens is 173 g/mol. The van der Waals surface area contributed by atoms with E-state index in [9.17, 15) is 14.3 Å². The van der Waals surface area contributed by atoms with E-state index < -0.39 is 11.7 Å². The Kier molecular flexibility index (Phi) is 2.64. The zero-order chi connectivity index (χ0) is 9.84. The molecule has 0 radical (unpaired) electrons. The molecule has 0 spiro atoms. The van der Waals surface area contributed by atoms with Gasteiger partial charge in [-0.3, -0.25) is 4.79 Å². The van der Waals surface area contributed by atoms with E-state index in [0.717, 1.165) is 18.2 Å². The molecule has 1 rings (SSSR count). The molecule has 13 heavy (non-hydrogen) atoms. The Balaban J connectivity index is 3.00. The molecule has 3 N–H and O–H groups in total. The molecule has 0 fully saturated rings. The number of aromatic hydroxyl groups is 1. The molecule has 1 amide bonds. The third-order valence-electron chi connectivity index (χ3n) is 1.42. The van der Waals surface area contributed by atoms with Crippen LogP contribution in [0.15, 0.2) is 24.3 Å². The fraction of sp³-hybridized carbons (Fsp3) is 0. The van der Waals surface area contributed by atoms with Crippen LogP contribution < -0.4 is 5.73 Å². The van der Waals surface area contributed by atoms with Crippen LogP contribution in [-0.4, -0.2) is 11.0 Å². The fourth-order valence-electron chi connectivity index (χ4n) is 0.831. The van der Waals surface area contributed by atoms with Gasteiger partial charge in [-0.05, 0) is 24.3 Å². The second kappa shape index (κ2) is 3.71. The summed E-state index contributed by atoms with van der Waals surface area (Å²) in [6, 6.07) is 3.43. The highest BCUT2D eigenvalue weighted by molar-refractivity contribution is 5.90. The van der Waals surface area contributed by atoms with E-state index in [1.807, 2.05) is 0 Å². The minimum Gasteiger partial charge on any atom is -0.507 e. The molecule has 1 aromatic carbocycles. The zero-order valence-corrected chi connectivity index (χ0v) is 6.70. The van der Waals surface area contributed by atoms with Gasteiger partial charge in [0.25, 0.3) is 0 Å². The van der Waals surface area contributed by atoms with E-state index in [1.165, 1.54) is 12.1 Å². The molecule has 4 heteroatoms. The fourth-order valence-corrected chi connectivity index (χ4v) is 0.831. The van der Waals surface area contributed by atoms with Crippen LogP contribution in [0.5, 0.6) is 5.75 Å². The molecule has 0 saturated heterocycles. The van der Waals surface area contributed by atoms with E-state index in [-0.39, 0.29) is 11.3 Å². The van der Waals surface area contributed by atoms with Crippen molar-refractivity contribution in [1.29, 1.82) is 0 Å². The Bertz CT molecular complexity index is 361. The molecular formula is C9H8FNO2. The van der Waals surface area contributed by atoms with Crippen LogP contribution in [0.1, 0.15) is 5.56 Å². The van der Waals surface area contributed by atoms with Crippen LogP contribution >= 0.6 is 0 Å². The molecule has 0 unspecified atom stereocenters. The van der Waals surface area contributed by atoms with Crippen molar-refractivity contribution in [3.63, 3.8) is 0 Å². The maximum absolute atomic E-state index is 12.6. The van der Waals surface area contributed by atoms with E-state index >= 15 is 0 Å². The average Bonchev–Trinajstić information content (AvgIpc) is 2.06. The number of halogens is 1. The van der Waals surface area contributed by atoms with Gasteiger partial charge in [-0.15, -0.1) is 0 Å². The van der Waals surface area contributed by atoms with E-state index in [4.69, 9.17) is 5.73 Å². The van der Waals surface area contributed by atoms with Gasteiger partial charge in [0.2, 0.25) is 5.91 Å².